The first kappa shape index (κ1) is 10.1. The zero-order valence-electron chi connectivity index (χ0n) is 8.29. The van der Waals surface area contributed by atoms with Gasteiger partial charge in [-0.3, -0.25) is 0 Å². The molecule has 0 heterocycles. The van der Waals surface area contributed by atoms with Crippen molar-refractivity contribution in [3.8, 4) is 5.75 Å². The summed E-state index contributed by atoms with van der Waals surface area (Å²) in [5, 5.41) is 0. The molecule has 1 rings (SSSR count). The van der Waals surface area contributed by atoms with Crippen LogP contribution in [0.3, 0.4) is 0 Å². The lowest BCUT2D eigenvalue weighted by Gasteiger charge is -2.08. The average molecular weight is 179 g/mol. The molecule has 0 aliphatic heterocycles. The van der Waals surface area contributed by atoms with Gasteiger partial charge in [0.25, 0.3) is 0 Å². The summed E-state index contributed by atoms with van der Waals surface area (Å²) in [6.07, 6.45) is 1.96. The number of methoxy groups -OCH3 is 1. The van der Waals surface area contributed by atoms with E-state index in [4.69, 9.17) is 10.5 Å². The van der Waals surface area contributed by atoms with Crippen molar-refractivity contribution in [1.82, 2.24) is 0 Å². The van der Waals surface area contributed by atoms with Crippen LogP contribution in [0.1, 0.15) is 18.9 Å². The van der Waals surface area contributed by atoms with Crippen molar-refractivity contribution in [3.05, 3.63) is 29.8 Å². The second kappa shape index (κ2) is 4.87. The fraction of sp³-hybridized carbons (Fsp3) is 0.455. The molecular weight excluding hydrogens is 162 g/mol. The summed E-state index contributed by atoms with van der Waals surface area (Å²) < 4.78 is 5.07. The van der Waals surface area contributed by atoms with E-state index in [0.29, 0.717) is 0 Å². The molecule has 0 aromatic heterocycles. The van der Waals surface area contributed by atoms with Gasteiger partial charge in [0.15, 0.2) is 0 Å². The van der Waals surface area contributed by atoms with Crippen LogP contribution in [0.5, 0.6) is 5.75 Å². The van der Waals surface area contributed by atoms with Gasteiger partial charge in [-0.15, -0.1) is 0 Å². The van der Waals surface area contributed by atoms with E-state index in [1.165, 1.54) is 5.56 Å². The molecule has 72 valence electrons. The fourth-order valence-corrected chi connectivity index (χ4v) is 1.21. The molecule has 13 heavy (non-hydrogen) atoms. The van der Waals surface area contributed by atoms with E-state index >= 15 is 0 Å². The van der Waals surface area contributed by atoms with Gasteiger partial charge < -0.3 is 10.5 Å². The third kappa shape index (κ3) is 3.07. The Morgan fingerprint density at radius 1 is 1.31 bits per heavy atom. The van der Waals surface area contributed by atoms with Crippen LogP contribution >= 0.6 is 0 Å². The van der Waals surface area contributed by atoms with Crippen LogP contribution in [-0.4, -0.2) is 13.2 Å². The topological polar surface area (TPSA) is 35.2 Å². The van der Waals surface area contributed by atoms with E-state index in [9.17, 15) is 0 Å². The molecule has 0 aliphatic rings. The van der Waals surface area contributed by atoms with E-state index in [-0.39, 0.29) is 6.04 Å². The molecule has 0 aliphatic carbocycles. The Hall–Kier alpha value is -1.02. The predicted molar refractivity (Wildman–Crippen MR) is 55.0 cm³/mol. The monoisotopic (exact) mass is 179 g/mol. The maximum atomic E-state index is 5.84. The highest BCUT2D eigenvalue weighted by Crippen LogP contribution is 2.12. The standard InChI is InChI=1S/C11H17NO/c1-3-10(12)8-9-4-6-11(13-2)7-5-9/h4-7,10H,3,8,12H2,1-2H3. The summed E-state index contributed by atoms with van der Waals surface area (Å²) in [6.45, 7) is 2.11. The first-order valence-electron chi connectivity index (χ1n) is 4.64. The quantitative estimate of drug-likeness (QED) is 0.767. The molecule has 0 radical (unpaired) electrons. The van der Waals surface area contributed by atoms with Gasteiger partial charge in [0.2, 0.25) is 0 Å². The molecule has 0 saturated heterocycles. The summed E-state index contributed by atoms with van der Waals surface area (Å²) in [7, 11) is 1.67. The van der Waals surface area contributed by atoms with Crippen LogP contribution in [0.4, 0.5) is 0 Å². The molecule has 0 spiro atoms. The molecule has 2 nitrogen and oxygen atoms in total. The summed E-state index contributed by atoms with van der Waals surface area (Å²) in [5.74, 6) is 0.897. The van der Waals surface area contributed by atoms with Crippen molar-refractivity contribution < 1.29 is 4.74 Å². The molecule has 0 amide bonds. The van der Waals surface area contributed by atoms with Crippen LogP contribution < -0.4 is 10.5 Å². The minimum atomic E-state index is 0.272. The van der Waals surface area contributed by atoms with Crippen molar-refractivity contribution in [2.75, 3.05) is 7.11 Å². The van der Waals surface area contributed by atoms with Crippen LogP contribution in [0.25, 0.3) is 0 Å². The number of rotatable bonds is 4. The summed E-state index contributed by atoms with van der Waals surface area (Å²) in [6, 6.07) is 8.34. The first-order valence-corrected chi connectivity index (χ1v) is 4.64. The van der Waals surface area contributed by atoms with Gasteiger partial charge in [-0.25, -0.2) is 0 Å². The van der Waals surface area contributed by atoms with Gasteiger partial charge in [0.1, 0.15) is 5.75 Å². The number of hydrogen-bond donors (Lipinski definition) is 1. The van der Waals surface area contributed by atoms with Gasteiger partial charge in [0.05, 0.1) is 7.11 Å². The second-order valence-corrected chi connectivity index (χ2v) is 3.22. The molecule has 1 atom stereocenters. The Labute approximate surface area is 79.7 Å². The van der Waals surface area contributed by atoms with E-state index in [1.807, 2.05) is 12.1 Å². The van der Waals surface area contributed by atoms with Gasteiger partial charge in [-0.05, 0) is 30.5 Å². The van der Waals surface area contributed by atoms with Crippen molar-refractivity contribution in [3.63, 3.8) is 0 Å². The Kier molecular flexibility index (Phi) is 3.77. The molecule has 0 saturated carbocycles. The highest BCUT2D eigenvalue weighted by atomic mass is 16.5. The van der Waals surface area contributed by atoms with Crippen molar-refractivity contribution >= 4 is 0 Å². The summed E-state index contributed by atoms with van der Waals surface area (Å²) in [4.78, 5) is 0. The SMILES string of the molecule is CCC(N)Cc1ccc(OC)cc1. The van der Waals surface area contributed by atoms with Crippen LogP contribution in [0, 0.1) is 0 Å². The Balaban J connectivity index is 2.58. The minimum Gasteiger partial charge on any atom is -0.497 e. The number of ether oxygens (including phenoxy) is 1. The molecular formula is C11H17NO. The summed E-state index contributed by atoms with van der Waals surface area (Å²) >= 11 is 0. The second-order valence-electron chi connectivity index (χ2n) is 3.22. The zero-order valence-corrected chi connectivity index (χ0v) is 8.29. The number of benzene rings is 1. The minimum absolute atomic E-state index is 0.272. The fourth-order valence-electron chi connectivity index (χ4n) is 1.21. The highest BCUT2D eigenvalue weighted by Gasteiger charge is 2.00. The Morgan fingerprint density at radius 3 is 2.38 bits per heavy atom. The van der Waals surface area contributed by atoms with E-state index < -0.39 is 0 Å². The van der Waals surface area contributed by atoms with E-state index in [2.05, 4.69) is 19.1 Å². The summed E-state index contributed by atoms with van der Waals surface area (Å²) in [5.41, 5.74) is 7.12. The zero-order chi connectivity index (χ0) is 9.68. The van der Waals surface area contributed by atoms with Crippen molar-refractivity contribution in [2.24, 2.45) is 5.73 Å². The van der Waals surface area contributed by atoms with Crippen molar-refractivity contribution in [1.29, 1.82) is 0 Å². The average Bonchev–Trinajstić information content (AvgIpc) is 2.19. The Morgan fingerprint density at radius 2 is 1.92 bits per heavy atom. The van der Waals surface area contributed by atoms with Gasteiger partial charge in [-0.2, -0.15) is 0 Å². The molecule has 2 heteroatoms. The largest absolute Gasteiger partial charge is 0.497 e. The normalized spacial score (nSPS) is 12.5. The Bertz CT molecular complexity index is 243. The van der Waals surface area contributed by atoms with Crippen LogP contribution in [0.15, 0.2) is 24.3 Å². The first-order chi connectivity index (χ1) is 6.26. The number of hydrogen-bond acceptors (Lipinski definition) is 2. The molecule has 0 bridgehead atoms. The van der Waals surface area contributed by atoms with Crippen molar-refractivity contribution in [2.45, 2.75) is 25.8 Å². The lowest BCUT2D eigenvalue weighted by molar-refractivity contribution is 0.414. The third-order valence-electron chi connectivity index (χ3n) is 2.18. The third-order valence-corrected chi connectivity index (χ3v) is 2.18. The molecule has 2 N–H and O–H groups in total. The van der Waals surface area contributed by atoms with E-state index in [1.54, 1.807) is 7.11 Å². The van der Waals surface area contributed by atoms with Gasteiger partial charge in [0, 0.05) is 6.04 Å². The van der Waals surface area contributed by atoms with Gasteiger partial charge >= 0.3 is 0 Å². The van der Waals surface area contributed by atoms with Crippen LogP contribution in [-0.2, 0) is 6.42 Å². The lowest BCUT2D eigenvalue weighted by Crippen LogP contribution is -2.21. The maximum Gasteiger partial charge on any atom is 0.118 e. The highest BCUT2D eigenvalue weighted by molar-refractivity contribution is 5.27. The molecule has 1 aromatic rings. The molecule has 0 fully saturated rings. The smallest absolute Gasteiger partial charge is 0.118 e. The van der Waals surface area contributed by atoms with Gasteiger partial charge in [-0.1, -0.05) is 19.1 Å². The van der Waals surface area contributed by atoms with Crippen LogP contribution in [0.2, 0.25) is 0 Å². The molecule has 1 unspecified atom stereocenters. The molecule has 1 aromatic carbocycles. The predicted octanol–water partition coefficient (Wildman–Crippen LogP) is 1.98. The van der Waals surface area contributed by atoms with E-state index in [0.717, 1.165) is 18.6 Å². The lowest BCUT2D eigenvalue weighted by atomic mass is 10.1. The number of nitrogens with two attached hydrogens (primary N) is 1. The maximum absolute atomic E-state index is 5.84.